The van der Waals surface area contributed by atoms with Crippen molar-refractivity contribution in [2.75, 3.05) is 5.32 Å². The molecule has 24 heavy (non-hydrogen) atoms. The number of carbonyl (C=O) groups excluding carboxylic acids is 1. The number of amides is 1. The molecule has 1 aromatic heterocycles. The maximum Gasteiger partial charge on any atom is 0.224 e. The molecular weight excluding hydrogens is 390 g/mol. The van der Waals surface area contributed by atoms with Crippen molar-refractivity contribution in [3.63, 3.8) is 0 Å². The van der Waals surface area contributed by atoms with Gasteiger partial charge in [0.1, 0.15) is 11.5 Å². The van der Waals surface area contributed by atoms with E-state index in [9.17, 15) is 4.79 Å². The highest BCUT2D eigenvalue weighted by atomic mass is 79.9. The lowest BCUT2D eigenvalue weighted by molar-refractivity contribution is -0.116. The molecule has 1 amide bonds. The quantitative estimate of drug-likeness (QED) is 0.572. The number of halogens is 2. The van der Waals surface area contributed by atoms with Crippen molar-refractivity contribution in [1.29, 1.82) is 0 Å². The summed E-state index contributed by atoms with van der Waals surface area (Å²) in [6, 6.07) is 18.8. The summed E-state index contributed by atoms with van der Waals surface area (Å²) in [6.07, 6.45) is 0.892. The molecule has 1 N–H and O–H groups in total. The van der Waals surface area contributed by atoms with Gasteiger partial charge in [-0.15, -0.1) is 0 Å². The standard InChI is InChI=1S/C19H15BrClNO2/c20-14-6-4-13(5-7-14)18-10-8-17(24-18)9-11-19(23)22-16-3-1-2-15(21)12-16/h1-8,10,12H,9,11H2,(H,22,23). The number of nitrogens with one attached hydrogen (secondary N) is 1. The first-order valence-electron chi connectivity index (χ1n) is 7.50. The van der Waals surface area contributed by atoms with E-state index in [1.165, 1.54) is 0 Å². The van der Waals surface area contributed by atoms with Gasteiger partial charge in [-0.05, 0) is 42.5 Å². The zero-order valence-corrected chi connectivity index (χ0v) is 15.1. The van der Waals surface area contributed by atoms with Crippen LogP contribution in [0, 0.1) is 0 Å². The first-order valence-corrected chi connectivity index (χ1v) is 8.67. The van der Waals surface area contributed by atoms with E-state index in [4.69, 9.17) is 16.0 Å². The fraction of sp³-hybridized carbons (Fsp3) is 0.105. The lowest BCUT2D eigenvalue weighted by atomic mass is 10.2. The number of hydrogen-bond donors (Lipinski definition) is 1. The molecule has 5 heteroatoms. The first kappa shape index (κ1) is 16.8. The van der Waals surface area contributed by atoms with Crippen molar-refractivity contribution < 1.29 is 9.21 Å². The third-order valence-corrected chi connectivity index (χ3v) is 4.26. The van der Waals surface area contributed by atoms with Gasteiger partial charge in [-0.25, -0.2) is 0 Å². The van der Waals surface area contributed by atoms with E-state index in [-0.39, 0.29) is 5.91 Å². The Balaban J connectivity index is 1.57. The monoisotopic (exact) mass is 403 g/mol. The van der Waals surface area contributed by atoms with Gasteiger partial charge in [0.15, 0.2) is 0 Å². The number of furan rings is 1. The minimum absolute atomic E-state index is 0.0705. The molecule has 0 aliphatic heterocycles. The van der Waals surface area contributed by atoms with Crippen molar-refractivity contribution in [3.8, 4) is 11.3 Å². The summed E-state index contributed by atoms with van der Waals surface area (Å²) >= 11 is 9.31. The van der Waals surface area contributed by atoms with Crippen LogP contribution in [-0.4, -0.2) is 5.91 Å². The van der Waals surface area contributed by atoms with Crippen molar-refractivity contribution in [2.24, 2.45) is 0 Å². The topological polar surface area (TPSA) is 42.2 Å². The van der Waals surface area contributed by atoms with Crippen LogP contribution in [0.5, 0.6) is 0 Å². The highest BCUT2D eigenvalue weighted by molar-refractivity contribution is 9.10. The molecule has 0 bridgehead atoms. The van der Waals surface area contributed by atoms with Gasteiger partial charge >= 0.3 is 0 Å². The molecule has 0 saturated heterocycles. The molecule has 1 heterocycles. The predicted molar refractivity (Wildman–Crippen MR) is 100 cm³/mol. The average Bonchev–Trinajstić information content (AvgIpc) is 3.03. The van der Waals surface area contributed by atoms with Crippen LogP contribution in [0.3, 0.4) is 0 Å². The Morgan fingerprint density at radius 2 is 1.88 bits per heavy atom. The molecule has 0 fully saturated rings. The third kappa shape index (κ3) is 4.49. The summed E-state index contributed by atoms with van der Waals surface area (Å²) in [7, 11) is 0. The largest absolute Gasteiger partial charge is 0.461 e. The Morgan fingerprint density at radius 1 is 1.08 bits per heavy atom. The van der Waals surface area contributed by atoms with E-state index >= 15 is 0 Å². The molecule has 3 aromatic rings. The lowest BCUT2D eigenvalue weighted by Crippen LogP contribution is -2.12. The van der Waals surface area contributed by atoms with Gasteiger partial charge in [0.05, 0.1) is 0 Å². The van der Waals surface area contributed by atoms with Crippen molar-refractivity contribution >= 4 is 39.1 Å². The second kappa shape index (κ2) is 7.69. The Kier molecular flexibility index (Phi) is 5.38. The lowest BCUT2D eigenvalue weighted by Gasteiger charge is -2.04. The summed E-state index contributed by atoms with van der Waals surface area (Å²) in [5.74, 6) is 1.51. The minimum Gasteiger partial charge on any atom is -0.461 e. The van der Waals surface area contributed by atoms with Gasteiger partial charge < -0.3 is 9.73 Å². The average molecular weight is 405 g/mol. The molecule has 3 nitrogen and oxygen atoms in total. The Bertz CT molecular complexity index is 843. The summed E-state index contributed by atoms with van der Waals surface area (Å²) in [6.45, 7) is 0. The van der Waals surface area contributed by atoms with Gasteiger partial charge in [0.25, 0.3) is 0 Å². The maximum absolute atomic E-state index is 12.0. The maximum atomic E-state index is 12.0. The van der Waals surface area contributed by atoms with Gasteiger partial charge in [-0.3, -0.25) is 4.79 Å². The SMILES string of the molecule is O=C(CCc1ccc(-c2ccc(Br)cc2)o1)Nc1cccc(Cl)c1. The minimum atomic E-state index is -0.0705. The second-order valence-corrected chi connectivity index (χ2v) is 6.68. The van der Waals surface area contributed by atoms with E-state index < -0.39 is 0 Å². The van der Waals surface area contributed by atoms with Gasteiger partial charge in [-0.2, -0.15) is 0 Å². The van der Waals surface area contributed by atoms with Crippen molar-refractivity contribution in [2.45, 2.75) is 12.8 Å². The smallest absolute Gasteiger partial charge is 0.224 e. The van der Waals surface area contributed by atoms with Crippen LogP contribution >= 0.6 is 27.5 Å². The fourth-order valence-electron chi connectivity index (χ4n) is 2.31. The Morgan fingerprint density at radius 3 is 2.62 bits per heavy atom. The normalized spacial score (nSPS) is 10.6. The zero-order valence-electron chi connectivity index (χ0n) is 12.8. The number of hydrogen-bond acceptors (Lipinski definition) is 2. The number of benzene rings is 2. The number of aryl methyl sites for hydroxylation is 1. The summed E-state index contributed by atoms with van der Waals surface area (Å²) < 4.78 is 6.84. The summed E-state index contributed by atoms with van der Waals surface area (Å²) in [4.78, 5) is 12.0. The van der Waals surface area contributed by atoms with E-state index in [0.29, 0.717) is 23.6 Å². The van der Waals surface area contributed by atoms with Gasteiger partial charge in [0.2, 0.25) is 5.91 Å². The molecule has 0 atom stereocenters. The first-order chi connectivity index (χ1) is 11.6. The Hall–Kier alpha value is -2.04. The molecule has 0 spiro atoms. The van der Waals surface area contributed by atoms with Gasteiger partial charge in [0, 0.05) is 33.6 Å². The third-order valence-electron chi connectivity index (χ3n) is 3.50. The fourth-order valence-corrected chi connectivity index (χ4v) is 2.76. The van der Waals surface area contributed by atoms with Crippen LogP contribution in [0.25, 0.3) is 11.3 Å². The molecule has 122 valence electrons. The molecule has 2 aromatic carbocycles. The van der Waals surface area contributed by atoms with Crippen LogP contribution in [0.15, 0.2) is 69.6 Å². The summed E-state index contributed by atoms with van der Waals surface area (Å²) in [5.41, 5.74) is 1.70. The molecular formula is C19H15BrClNO2. The predicted octanol–water partition coefficient (Wildman–Crippen LogP) is 5.93. The molecule has 3 rings (SSSR count). The molecule has 0 radical (unpaired) electrons. The van der Waals surface area contributed by atoms with Crippen LogP contribution in [0.4, 0.5) is 5.69 Å². The number of anilines is 1. The highest BCUT2D eigenvalue weighted by Crippen LogP contribution is 2.24. The van der Waals surface area contributed by atoms with Crippen LogP contribution in [0.2, 0.25) is 5.02 Å². The highest BCUT2D eigenvalue weighted by Gasteiger charge is 2.08. The van der Waals surface area contributed by atoms with Crippen molar-refractivity contribution in [1.82, 2.24) is 0 Å². The summed E-state index contributed by atoms with van der Waals surface area (Å²) in [5, 5.41) is 3.42. The molecule has 0 unspecified atom stereocenters. The van der Waals surface area contributed by atoms with Crippen LogP contribution < -0.4 is 5.32 Å². The van der Waals surface area contributed by atoms with Crippen LogP contribution in [0.1, 0.15) is 12.2 Å². The molecule has 0 aliphatic rings. The molecule has 0 saturated carbocycles. The molecule has 0 aliphatic carbocycles. The van der Waals surface area contributed by atoms with E-state index in [1.807, 2.05) is 42.5 Å². The second-order valence-electron chi connectivity index (χ2n) is 5.33. The number of rotatable bonds is 5. The van der Waals surface area contributed by atoms with E-state index in [0.717, 1.165) is 21.6 Å². The number of carbonyl (C=O) groups is 1. The van der Waals surface area contributed by atoms with Gasteiger partial charge in [-0.1, -0.05) is 45.7 Å². The van der Waals surface area contributed by atoms with Crippen molar-refractivity contribution in [3.05, 3.63) is 75.9 Å². The van der Waals surface area contributed by atoms with E-state index in [1.54, 1.807) is 18.2 Å². The van der Waals surface area contributed by atoms with Crippen LogP contribution in [-0.2, 0) is 11.2 Å². The Labute approximate surface area is 153 Å². The van der Waals surface area contributed by atoms with E-state index in [2.05, 4.69) is 21.2 Å². The zero-order chi connectivity index (χ0) is 16.9.